The molecule has 0 saturated heterocycles. The Balaban J connectivity index is 3.65. The summed E-state index contributed by atoms with van der Waals surface area (Å²) in [6, 6.07) is 0. The van der Waals surface area contributed by atoms with E-state index < -0.39 is 18.2 Å². The van der Waals surface area contributed by atoms with Gasteiger partial charge in [-0.15, -0.1) is 6.58 Å². The van der Waals surface area contributed by atoms with Crippen LogP contribution in [0.4, 0.5) is 0 Å². The second-order valence-electron chi connectivity index (χ2n) is 2.39. The lowest BCUT2D eigenvalue weighted by Gasteiger charge is -2.10. The van der Waals surface area contributed by atoms with Gasteiger partial charge in [-0.2, -0.15) is 5.90 Å². The third-order valence-corrected chi connectivity index (χ3v) is 1.32. The molecule has 5 heteroatoms. The fraction of sp³-hybridized carbons (Fsp3) is 0.571. The molecule has 0 fully saturated rings. The highest BCUT2D eigenvalue weighted by Crippen LogP contribution is 2.03. The molecule has 0 radical (unpaired) electrons. The molecule has 0 aliphatic rings. The van der Waals surface area contributed by atoms with Crippen molar-refractivity contribution in [2.75, 3.05) is 0 Å². The molecule has 70 valence electrons. The summed E-state index contributed by atoms with van der Waals surface area (Å²) >= 11 is 0. The highest BCUT2D eigenvalue weighted by atomic mass is 16.7. The van der Waals surface area contributed by atoms with Crippen LogP contribution in [0, 0.1) is 0 Å². The first-order valence-corrected chi connectivity index (χ1v) is 3.48. The Hall–Kier alpha value is -0.910. The van der Waals surface area contributed by atoms with Crippen molar-refractivity contribution in [3.63, 3.8) is 0 Å². The summed E-state index contributed by atoms with van der Waals surface area (Å²) in [5.41, 5.74) is 0. The van der Waals surface area contributed by atoms with Crippen LogP contribution in [0.1, 0.15) is 12.8 Å². The third kappa shape index (κ3) is 4.84. The Labute approximate surface area is 70.4 Å². The molecule has 5 nitrogen and oxygen atoms in total. The van der Waals surface area contributed by atoms with Crippen molar-refractivity contribution in [3.8, 4) is 0 Å². The maximum Gasteiger partial charge on any atom is 0.327 e. The van der Waals surface area contributed by atoms with Crippen LogP contribution in [0.15, 0.2) is 12.7 Å². The number of hydrogen-bond donors (Lipinski definition) is 3. The van der Waals surface area contributed by atoms with Crippen LogP contribution >= 0.6 is 0 Å². The van der Waals surface area contributed by atoms with Gasteiger partial charge in [0, 0.05) is 6.42 Å². The minimum absolute atomic E-state index is 0.0542. The minimum atomic E-state index is -0.950. The van der Waals surface area contributed by atoms with Crippen molar-refractivity contribution in [1.29, 1.82) is 0 Å². The SMILES string of the molecule is C=CC(O)CC(O)CC(=O)ON. The summed E-state index contributed by atoms with van der Waals surface area (Å²) in [6.45, 7) is 3.31. The average Bonchev–Trinajstić information content (AvgIpc) is 2.03. The van der Waals surface area contributed by atoms with Gasteiger partial charge in [0.2, 0.25) is 0 Å². The number of carbonyl (C=O) groups excluding carboxylic acids is 1. The van der Waals surface area contributed by atoms with Crippen LogP contribution in [0.2, 0.25) is 0 Å². The van der Waals surface area contributed by atoms with Gasteiger partial charge in [0.1, 0.15) is 0 Å². The molecule has 2 unspecified atom stereocenters. The molecule has 2 atom stereocenters. The van der Waals surface area contributed by atoms with Crippen LogP contribution < -0.4 is 5.90 Å². The molecule has 0 rings (SSSR count). The van der Waals surface area contributed by atoms with Crippen molar-refractivity contribution in [1.82, 2.24) is 0 Å². The molecule has 0 aromatic heterocycles. The standard InChI is InChI=1S/C7H13NO4/c1-2-5(9)3-6(10)4-7(11)12-8/h2,5-6,9-10H,1,3-4,8H2. The van der Waals surface area contributed by atoms with Gasteiger partial charge in [-0.25, -0.2) is 0 Å². The van der Waals surface area contributed by atoms with E-state index in [0.29, 0.717) is 0 Å². The molecule has 0 heterocycles. The Morgan fingerprint density at radius 3 is 2.67 bits per heavy atom. The minimum Gasteiger partial charge on any atom is -0.392 e. The highest BCUT2D eigenvalue weighted by molar-refractivity contribution is 5.69. The second-order valence-corrected chi connectivity index (χ2v) is 2.39. The van der Waals surface area contributed by atoms with Crippen LogP contribution in [0.25, 0.3) is 0 Å². The van der Waals surface area contributed by atoms with E-state index in [1.165, 1.54) is 6.08 Å². The van der Waals surface area contributed by atoms with Crippen LogP contribution in [0.5, 0.6) is 0 Å². The summed E-state index contributed by atoms with van der Waals surface area (Å²) in [4.78, 5) is 14.3. The van der Waals surface area contributed by atoms with Gasteiger partial charge in [0.15, 0.2) is 0 Å². The second kappa shape index (κ2) is 5.70. The maximum absolute atomic E-state index is 10.5. The van der Waals surface area contributed by atoms with Gasteiger partial charge in [-0.1, -0.05) is 6.08 Å². The Morgan fingerprint density at radius 1 is 1.67 bits per heavy atom. The van der Waals surface area contributed by atoms with Crippen LogP contribution in [-0.4, -0.2) is 28.4 Å². The fourth-order valence-corrected chi connectivity index (χ4v) is 0.699. The maximum atomic E-state index is 10.5. The van der Waals surface area contributed by atoms with E-state index in [9.17, 15) is 4.79 Å². The van der Waals surface area contributed by atoms with Gasteiger partial charge >= 0.3 is 5.97 Å². The number of hydrogen-bond acceptors (Lipinski definition) is 5. The Morgan fingerprint density at radius 2 is 2.25 bits per heavy atom. The molecule has 0 aliphatic carbocycles. The Bertz CT molecular complexity index is 159. The predicted octanol–water partition coefficient (Wildman–Crippen LogP) is -0.909. The van der Waals surface area contributed by atoms with Gasteiger partial charge in [-0.3, -0.25) is 4.79 Å². The van der Waals surface area contributed by atoms with Gasteiger partial charge < -0.3 is 15.1 Å². The molecule has 12 heavy (non-hydrogen) atoms. The van der Waals surface area contributed by atoms with Gasteiger partial charge in [0.25, 0.3) is 0 Å². The van der Waals surface area contributed by atoms with Crippen molar-refractivity contribution >= 4 is 5.97 Å². The summed E-state index contributed by atoms with van der Waals surface area (Å²) in [5, 5.41) is 18.0. The lowest BCUT2D eigenvalue weighted by molar-refractivity contribution is -0.146. The third-order valence-electron chi connectivity index (χ3n) is 1.32. The Kier molecular flexibility index (Phi) is 5.27. The van der Waals surface area contributed by atoms with E-state index in [0.717, 1.165) is 0 Å². The molecule has 0 aromatic carbocycles. The highest BCUT2D eigenvalue weighted by Gasteiger charge is 2.13. The first-order valence-electron chi connectivity index (χ1n) is 3.48. The molecule has 0 aliphatic heterocycles. The van der Waals surface area contributed by atoms with Crippen LogP contribution in [0.3, 0.4) is 0 Å². The lowest BCUT2D eigenvalue weighted by Crippen LogP contribution is -2.22. The average molecular weight is 175 g/mol. The van der Waals surface area contributed by atoms with E-state index in [1.54, 1.807) is 0 Å². The van der Waals surface area contributed by atoms with Gasteiger partial charge in [-0.05, 0) is 0 Å². The first kappa shape index (κ1) is 11.1. The predicted molar refractivity (Wildman–Crippen MR) is 41.7 cm³/mol. The molecule has 0 spiro atoms. The number of carbonyl (C=O) groups is 1. The number of aliphatic hydroxyl groups is 2. The van der Waals surface area contributed by atoms with Crippen molar-refractivity contribution in [2.45, 2.75) is 25.0 Å². The summed E-state index contributed by atoms with van der Waals surface area (Å²) in [6.07, 6.45) is -0.656. The van der Waals surface area contributed by atoms with E-state index in [-0.39, 0.29) is 12.8 Å². The van der Waals surface area contributed by atoms with E-state index in [1.807, 2.05) is 0 Å². The number of nitrogens with two attached hydrogens (primary N) is 1. The molecule has 0 amide bonds. The van der Waals surface area contributed by atoms with E-state index in [2.05, 4.69) is 17.3 Å². The zero-order chi connectivity index (χ0) is 9.56. The zero-order valence-corrected chi connectivity index (χ0v) is 6.64. The van der Waals surface area contributed by atoms with Crippen molar-refractivity contribution in [2.24, 2.45) is 5.90 Å². The summed E-state index contributed by atoms with van der Waals surface area (Å²) in [5.74, 6) is 3.83. The lowest BCUT2D eigenvalue weighted by atomic mass is 10.1. The fourth-order valence-electron chi connectivity index (χ4n) is 0.699. The monoisotopic (exact) mass is 175 g/mol. The molecule has 0 aromatic rings. The first-order chi connectivity index (χ1) is 5.60. The van der Waals surface area contributed by atoms with E-state index in [4.69, 9.17) is 10.2 Å². The zero-order valence-electron chi connectivity index (χ0n) is 6.64. The van der Waals surface area contributed by atoms with Gasteiger partial charge in [0.05, 0.1) is 18.6 Å². The smallest absolute Gasteiger partial charge is 0.327 e. The normalized spacial score (nSPS) is 14.9. The van der Waals surface area contributed by atoms with Crippen molar-refractivity contribution in [3.05, 3.63) is 12.7 Å². The summed E-state index contributed by atoms with van der Waals surface area (Å²) in [7, 11) is 0. The number of aliphatic hydroxyl groups excluding tert-OH is 2. The topological polar surface area (TPSA) is 92.8 Å². The number of rotatable bonds is 5. The largest absolute Gasteiger partial charge is 0.392 e. The molecule has 0 saturated carbocycles. The summed E-state index contributed by atoms with van der Waals surface area (Å²) < 4.78 is 0. The van der Waals surface area contributed by atoms with Crippen molar-refractivity contribution < 1.29 is 19.8 Å². The molecular formula is C7H13NO4. The molecule has 0 bridgehead atoms. The van der Waals surface area contributed by atoms with Crippen LogP contribution in [-0.2, 0) is 9.63 Å². The molecule has 4 N–H and O–H groups in total. The quantitative estimate of drug-likeness (QED) is 0.371. The molecular weight excluding hydrogens is 162 g/mol. The van der Waals surface area contributed by atoms with E-state index >= 15 is 0 Å².